The molecule has 0 radical (unpaired) electrons. The fraction of sp³-hybridized carbons (Fsp3) is 1.00. The molecular formula is C14H30N4. The Kier molecular flexibility index (Phi) is 5.42. The molecule has 2 saturated heterocycles. The molecule has 0 aromatic carbocycles. The van der Waals surface area contributed by atoms with Crippen molar-refractivity contribution in [2.45, 2.75) is 31.8 Å². The molecule has 4 nitrogen and oxygen atoms in total. The van der Waals surface area contributed by atoms with Crippen LogP contribution in [0.25, 0.3) is 0 Å². The Bertz CT molecular complexity index is 240. The van der Waals surface area contributed by atoms with Crippen molar-refractivity contribution < 1.29 is 0 Å². The third kappa shape index (κ3) is 3.92. The van der Waals surface area contributed by atoms with Gasteiger partial charge < -0.3 is 15.1 Å². The van der Waals surface area contributed by atoms with Crippen molar-refractivity contribution >= 4 is 0 Å². The lowest BCUT2D eigenvalue weighted by Gasteiger charge is -2.40. The van der Waals surface area contributed by atoms with Crippen LogP contribution in [0.15, 0.2) is 0 Å². The number of rotatable bonds is 4. The van der Waals surface area contributed by atoms with E-state index in [2.05, 4.69) is 41.0 Å². The molecule has 0 spiro atoms. The summed E-state index contributed by atoms with van der Waals surface area (Å²) in [7, 11) is 4.56. The molecule has 1 N–H and O–H groups in total. The number of hydrogen-bond donors (Lipinski definition) is 1. The van der Waals surface area contributed by atoms with E-state index in [0.717, 1.165) is 19.1 Å². The molecule has 0 aromatic heterocycles. The van der Waals surface area contributed by atoms with Crippen LogP contribution in [-0.4, -0.2) is 86.7 Å². The molecule has 2 heterocycles. The summed E-state index contributed by atoms with van der Waals surface area (Å²) in [5, 5.41) is 3.43. The maximum Gasteiger partial charge on any atom is 0.0221 e. The van der Waals surface area contributed by atoms with Gasteiger partial charge in [-0.25, -0.2) is 0 Å². The first kappa shape index (κ1) is 14.3. The second-order valence-corrected chi connectivity index (χ2v) is 6.13. The Morgan fingerprint density at radius 2 is 2.00 bits per heavy atom. The van der Waals surface area contributed by atoms with Crippen LogP contribution in [0.1, 0.15) is 19.8 Å². The lowest BCUT2D eigenvalue weighted by molar-refractivity contribution is 0.0917. The predicted octanol–water partition coefficient (Wildman–Crippen LogP) is 0.306. The molecule has 2 aliphatic heterocycles. The van der Waals surface area contributed by atoms with Crippen molar-refractivity contribution in [3.8, 4) is 0 Å². The summed E-state index contributed by atoms with van der Waals surface area (Å²) in [4.78, 5) is 7.68. The van der Waals surface area contributed by atoms with Gasteiger partial charge in [0.25, 0.3) is 0 Å². The van der Waals surface area contributed by atoms with Crippen LogP contribution < -0.4 is 5.32 Å². The van der Waals surface area contributed by atoms with Gasteiger partial charge in [0, 0.05) is 51.4 Å². The Morgan fingerprint density at radius 3 is 2.67 bits per heavy atom. The van der Waals surface area contributed by atoms with Crippen LogP contribution in [0.3, 0.4) is 0 Å². The van der Waals surface area contributed by atoms with E-state index in [-0.39, 0.29) is 0 Å². The van der Waals surface area contributed by atoms with Crippen LogP contribution >= 0.6 is 0 Å². The lowest BCUT2D eigenvalue weighted by Crippen LogP contribution is -2.53. The maximum atomic E-state index is 3.43. The maximum absolute atomic E-state index is 3.43. The number of piperidine rings is 1. The second-order valence-electron chi connectivity index (χ2n) is 6.13. The first-order valence-electron chi connectivity index (χ1n) is 7.50. The number of likely N-dealkylation sites (tertiary alicyclic amines) is 1. The Morgan fingerprint density at radius 1 is 1.28 bits per heavy atom. The summed E-state index contributed by atoms with van der Waals surface area (Å²) in [5.41, 5.74) is 0. The fourth-order valence-electron chi connectivity index (χ4n) is 3.30. The van der Waals surface area contributed by atoms with Crippen molar-refractivity contribution in [3.63, 3.8) is 0 Å². The van der Waals surface area contributed by atoms with E-state index in [1.54, 1.807) is 0 Å². The van der Waals surface area contributed by atoms with Gasteiger partial charge in [0.2, 0.25) is 0 Å². The first-order chi connectivity index (χ1) is 8.66. The highest BCUT2D eigenvalue weighted by molar-refractivity contribution is 4.81. The molecule has 2 aliphatic rings. The molecule has 2 atom stereocenters. The molecule has 0 bridgehead atoms. The van der Waals surface area contributed by atoms with Crippen molar-refractivity contribution in [2.24, 2.45) is 0 Å². The normalized spacial score (nSPS) is 29.7. The van der Waals surface area contributed by atoms with Crippen LogP contribution in [0, 0.1) is 0 Å². The van der Waals surface area contributed by atoms with Gasteiger partial charge >= 0.3 is 0 Å². The third-order valence-corrected chi connectivity index (χ3v) is 4.55. The monoisotopic (exact) mass is 254 g/mol. The number of hydrogen-bond acceptors (Lipinski definition) is 4. The minimum absolute atomic E-state index is 0.685. The standard InChI is InChI=1S/C14H30N4/c1-13(18-9-6-15-7-10-18)11-17(3)14-5-4-8-16(2)12-14/h13-15H,4-12H2,1-3H3. The SMILES string of the molecule is CC(CN(C)C1CCCN(C)C1)N1CCNCC1. The minimum Gasteiger partial charge on any atom is -0.314 e. The summed E-state index contributed by atoms with van der Waals surface area (Å²) < 4.78 is 0. The zero-order valence-electron chi connectivity index (χ0n) is 12.4. The zero-order valence-corrected chi connectivity index (χ0v) is 12.4. The summed E-state index contributed by atoms with van der Waals surface area (Å²) in [6.45, 7) is 10.8. The van der Waals surface area contributed by atoms with Gasteiger partial charge in [0.05, 0.1) is 0 Å². The van der Waals surface area contributed by atoms with Crippen LogP contribution in [0.5, 0.6) is 0 Å². The third-order valence-electron chi connectivity index (χ3n) is 4.55. The summed E-state index contributed by atoms with van der Waals surface area (Å²) in [5.74, 6) is 0. The first-order valence-corrected chi connectivity index (χ1v) is 7.50. The van der Waals surface area contributed by atoms with Gasteiger partial charge in [-0.1, -0.05) is 0 Å². The molecule has 4 heteroatoms. The summed E-state index contributed by atoms with van der Waals surface area (Å²) in [6.07, 6.45) is 2.72. The molecule has 18 heavy (non-hydrogen) atoms. The zero-order chi connectivity index (χ0) is 13.0. The molecule has 0 aromatic rings. The molecule has 0 amide bonds. The molecule has 2 unspecified atom stereocenters. The largest absolute Gasteiger partial charge is 0.314 e. The van der Waals surface area contributed by atoms with Crippen LogP contribution in [-0.2, 0) is 0 Å². The number of nitrogens with one attached hydrogen (secondary N) is 1. The number of piperazine rings is 1. The van der Waals surface area contributed by atoms with Gasteiger partial charge in [-0.15, -0.1) is 0 Å². The fourth-order valence-corrected chi connectivity index (χ4v) is 3.30. The molecule has 0 saturated carbocycles. The van der Waals surface area contributed by atoms with Crippen molar-refractivity contribution in [2.75, 3.05) is 59.9 Å². The summed E-state index contributed by atoms with van der Waals surface area (Å²) in [6, 6.07) is 1.44. The lowest BCUT2D eigenvalue weighted by atomic mass is 10.0. The van der Waals surface area contributed by atoms with E-state index in [0.29, 0.717) is 6.04 Å². The second kappa shape index (κ2) is 6.85. The van der Waals surface area contributed by atoms with Gasteiger partial charge in [-0.3, -0.25) is 4.90 Å². The molecule has 2 rings (SSSR count). The Balaban J connectivity index is 1.76. The Hall–Kier alpha value is -0.160. The van der Waals surface area contributed by atoms with E-state index in [1.165, 1.54) is 45.6 Å². The summed E-state index contributed by atoms with van der Waals surface area (Å²) >= 11 is 0. The van der Waals surface area contributed by atoms with E-state index in [1.807, 2.05) is 0 Å². The van der Waals surface area contributed by atoms with Crippen molar-refractivity contribution in [1.29, 1.82) is 0 Å². The van der Waals surface area contributed by atoms with Crippen LogP contribution in [0.4, 0.5) is 0 Å². The Labute approximate surface area is 112 Å². The predicted molar refractivity (Wildman–Crippen MR) is 77.1 cm³/mol. The van der Waals surface area contributed by atoms with Crippen molar-refractivity contribution in [3.05, 3.63) is 0 Å². The van der Waals surface area contributed by atoms with Gasteiger partial charge in [-0.05, 0) is 40.4 Å². The molecule has 2 fully saturated rings. The van der Waals surface area contributed by atoms with Gasteiger partial charge in [0.1, 0.15) is 0 Å². The van der Waals surface area contributed by atoms with E-state index in [4.69, 9.17) is 0 Å². The smallest absolute Gasteiger partial charge is 0.0221 e. The highest BCUT2D eigenvalue weighted by Crippen LogP contribution is 2.14. The van der Waals surface area contributed by atoms with E-state index >= 15 is 0 Å². The van der Waals surface area contributed by atoms with Gasteiger partial charge in [-0.2, -0.15) is 0 Å². The average molecular weight is 254 g/mol. The minimum atomic E-state index is 0.685. The van der Waals surface area contributed by atoms with Gasteiger partial charge in [0.15, 0.2) is 0 Å². The quantitative estimate of drug-likeness (QED) is 0.779. The average Bonchev–Trinajstić information content (AvgIpc) is 2.39. The molecule has 0 aliphatic carbocycles. The van der Waals surface area contributed by atoms with E-state index in [9.17, 15) is 0 Å². The van der Waals surface area contributed by atoms with Crippen LogP contribution in [0.2, 0.25) is 0 Å². The number of likely N-dealkylation sites (N-methyl/N-ethyl adjacent to an activating group) is 2. The highest BCUT2D eigenvalue weighted by atomic mass is 15.3. The highest BCUT2D eigenvalue weighted by Gasteiger charge is 2.24. The van der Waals surface area contributed by atoms with Crippen molar-refractivity contribution in [1.82, 2.24) is 20.0 Å². The molecular weight excluding hydrogens is 224 g/mol. The number of nitrogens with zero attached hydrogens (tertiary/aromatic N) is 3. The topological polar surface area (TPSA) is 21.8 Å². The van der Waals surface area contributed by atoms with E-state index < -0.39 is 0 Å². The molecule has 106 valence electrons.